The Morgan fingerprint density at radius 1 is 1.38 bits per heavy atom. The highest BCUT2D eigenvalue weighted by Crippen LogP contribution is 2.26. The number of aliphatic carboxylic acids is 1. The molecule has 2 rings (SSSR count). The molecule has 116 valence electrons. The van der Waals surface area contributed by atoms with Gasteiger partial charge in [-0.3, -0.25) is 4.79 Å². The summed E-state index contributed by atoms with van der Waals surface area (Å²) in [5, 5.41) is 9.35. The SMILES string of the molecule is CCc1cc(C(=O)N2CCC(C)CC2C(=O)O)oc1CC. The number of furan rings is 1. The number of carbonyl (C=O) groups is 2. The highest BCUT2D eigenvalue weighted by molar-refractivity contribution is 5.94. The maximum atomic E-state index is 12.6. The topological polar surface area (TPSA) is 70.8 Å². The number of hydrogen-bond acceptors (Lipinski definition) is 3. The maximum Gasteiger partial charge on any atom is 0.326 e. The molecular weight excluding hydrogens is 270 g/mol. The lowest BCUT2D eigenvalue weighted by Crippen LogP contribution is -2.49. The standard InChI is InChI=1S/C16H23NO4/c1-4-11-9-14(21-13(11)5-2)15(18)17-7-6-10(3)8-12(17)16(19)20/h9-10,12H,4-8H2,1-3H3,(H,19,20). The molecule has 2 unspecified atom stereocenters. The molecule has 1 aliphatic rings. The molecule has 0 bridgehead atoms. The Bertz CT molecular complexity index is 513. The summed E-state index contributed by atoms with van der Waals surface area (Å²) in [5.41, 5.74) is 1.03. The Hall–Kier alpha value is -1.78. The van der Waals surface area contributed by atoms with Gasteiger partial charge in [0.25, 0.3) is 5.91 Å². The van der Waals surface area contributed by atoms with E-state index in [2.05, 4.69) is 0 Å². The van der Waals surface area contributed by atoms with E-state index in [1.807, 2.05) is 20.8 Å². The summed E-state index contributed by atoms with van der Waals surface area (Å²) in [6, 6.07) is 1.01. The predicted molar refractivity (Wildman–Crippen MR) is 78.3 cm³/mol. The number of carboxylic acids is 1. The second-order valence-corrected chi connectivity index (χ2v) is 5.75. The van der Waals surface area contributed by atoms with Crippen LogP contribution in [0.2, 0.25) is 0 Å². The smallest absolute Gasteiger partial charge is 0.326 e. The Kier molecular flexibility index (Phi) is 4.70. The molecule has 1 fully saturated rings. The van der Waals surface area contributed by atoms with E-state index in [1.165, 1.54) is 4.90 Å². The lowest BCUT2D eigenvalue weighted by Gasteiger charge is -2.35. The first-order chi connectivity index (χ1) is 9.97. The molecule has 0 radical (unpaired) electrons. The fraction of sp³-hybridized carbons (Fsp3) is 0.625. The average Bonchev–Trinajstić information content (AvgIpc) is 2.89. The van der Waals surface area contributed by atoms with Crippen LogP contribution in [0, 0.1) is 5.92 Å². The van der Waals surface area contributed by atoms with Gasteiger partial charge in [0.15, 0.2) is 5.76 Å². The maximum absolute atomic E-state index is 12.6. The second kappa shape index (κ2) is 6.33. The third-order valence-electron chi connectivity index (χ3n) is 4.22. The Balaban J connectivity index is 2.25. The number of nitrogens with zero attached hydrogens (tertiary/aromatic N) is 1. The van der Waals surface area contributed by atoms with Gasteiger partial charge in [-0.15, -0.1) is 0 Å². The number of piperidine rings is 1. The second-order valence-electron chi connectivity index (χ2n) is 5.75. The van der Waals surface area contributed by atoms with Crippen molar-refractivity contribution in [2.75, 3.05) is 6.54 Å². The zero-order valence-corrected chi connectivity index (χ0v) is 12.9. The quantitative estimate of drug-likeness (QED) is 0.926. The molecule has 1 N–H and O–H groups in total. The van der Waals surface area contributed by atoms with Crippen molar-refractivity contribution in [1.82, 2.24) is 4.90 Å². The molecule has 0 aromatic carbocycles. The molecule has 1 aromatic heterocycles. The van der Waals surface area contributed by atoms with Gasteiger partial charge in [-0.1, -0.05) is 20.8 Å². The number of likely N-dealkylation sites (tertiary alicyclic amines) is 1. The van der Waals surface area contributed by atoms with E-state index in [0.29, 0.717) is 18.9 Å². The minimum atomic E-state index is -0.937. The first-order valence-electron chi connectivity index (χ1n) is 7.63. The van der Waals surface area contributed by atoms with Crippen LogP contribution < -0.4 is 0 Å². The normalized spacial score (nSPS) is 22.3. The molecule has 21 heavy (non-hydrogen) atoms. The van der Waals surface area contributed by atoms with Gasteiger partial charge in [-0.2, -0.15) is 0 Å². The number of carboxylic acid groups (broad SMARTS) is 1. The zero-order chi connectivity index (χ0) is 15.6. The lowest BCUT2D eigenvalue weighted by molar-refractivity contribution is -0.144. The van der Waals surface area contributed by atoms with E-state index in [-0.39, 0.29) is 11.7 Å². The van der Waals surface area contributed by atoms with Gasteiger partial charge in [-0.25, -0.2) is 4.79 Å². The molecule has 1 aliphatic heterocycles. The molecule has 1 aromatic rings. The van der Waals surface area contributed by atoms with Crippen molar-refractivity contribution in [3.63, 3.8) is 0 Å². The van der Waals surface area contributed by atoms with Crippen molar-refractivity contribution in [3.05, 3.63) is 23.2 Å². The molecule has 0 spiro atoms. The van der Waals surface area contributed by atoms with Gasteiger partial charge in [0.2, 0.25) is 0 Å². The van der Waals surface area contributed by atoms with E-state index in [9.17, 15) is 14.7 Å². The van der Waals surface area contributed by atoms with Crippen LogP contribution >= 0.6 is 0 Å². The predicted octanol–water partition coefficient (Wildman–Crippen LogP) is 2.73. The fourth-order valence-electron chi connectivity index (χ4n) is 2.93. The van der Waals surface area contributed by atoms with Crippen molar-refractivity contribution in [2.45, 2.75) is 52.5 Å². The van der Waals surface area contributed by atoms with Crippen LogP contribution in [0.1, 0.15) is 55.5 Å². The summed E-state index contributed by atoms with van der Waals surface area (Å²) in [6.07, 6.45) is 2.87. The van der Waals surface area contributed by atoms with Crippen LogP contribution in [0.3, 0.4) is 0 Å². The van der Waals surface area contributed by atoms with Crippen molar-refractivity contribution in [2.24, 2.45) is 5.92 Å². The highest BCUT2D eigenvalue weighted by atomic mass is 16.4. The van der Waals surface area contributed by atoms with E-state index in [0.717, 1.165) is 30.6 Å². The molecule has 1 saturated heterocycles. The van der Waals surface area contributed by atoms with Crippen LogP contribution in [0.4, 0.5) is 0 Å². The van der Waals surface area contributed by atoms with Crippen LogP contribution in [0.5, 0.6) is 0 Å². The number of carbonyl (C=O) groups excluding carboxylic acids is 1. The van der Waals surface area contributed by atoms with Crippen molar-refractivity contribution in [3.8, 4) is 0 Å². The molecule has 0 saturated carbocycles. The first kappa shape index (κ1) is 15.6. The van der Waals surface area contributed by atoms with Gasteiger partial charge in [0, 0.05) is 13.0 Å². The van der Waals surface area contributed by atoms with Crippen molar-refractivity contribution >= 4 is 11.9 Å². The van der Waals surface area contributed by atoms with Crippen molar-refractivity contribution < 1.29 is 19.1 Å². The minimum absolute atomic E-state index is 0.268. The summed E-state index contributed by atoms with van der Waals surface area (Å²) in [5.74, 6) is 0.170. The summed E-state index contributed by atoms with van der Waals surface area (Å²) in [7, 11) is 0. The molecular formula is C16H23NO4. The summed E-state index contributed by atoms with van der Waals surface area (Å²) in [4.78, 5) is 25.4. The number of amides is 1. The molecule has 1 amide bonds. The van der Waals surface area contributed by atoms with Gasteiger partial charge in [0.05, 0.1) is 0 Å². The van der Waals surface area contributed by atoms with Crippen molar-refractivity contribution in [1.29, 1.82) is 0 Å². The zero-order valence-electron chi connectivity index (χ0n) is 12.9. The van der Waals surface area contributed by atoms with Crippen LogP contribution in [-0.4, -0.2) is 34.5 Å². The number of rotatable bonds is 4. The van der Waals surface area contributed by atoms with E-state index in [4.69, 9.17) is 4.42 Å². The summed E-state index contributed by atoms with van der Waals surface area (Å²) in [6.45, 7) is 6.49. The Morgan fingerprint density at radius 2 is 2.10 bits per heavy atom. The third-order valence-corrected chi connectivity index (χ3v) is 4.22. The van der Waals surface area contributed by atoms with Crippen LogP contribution in [0.25, 0.3) is 0 Å². The van der Waals surface area contributed by atoms with E-state index in [1.54, 1.807) is 6.07 Å². The van der Waals surface area contributed by atoms with Crippen LogP contribution in [-0.2, 0) is 17.6 Å². The third kappa shape index (κ3) is 3.12. The Labute approximate surface area is 124 Å². The van der Waals surface area contributed by atoms with Gasteiger partial charge >= 0.3 is 5.97 Å². The number of hydrogen-bond donors (Lipinski definition) is 1. The lowest BCUT2D eigenvalue weighted by atomic mass is 9.92. The monoisotopic (exact) mass is 293 g/mol. The molecule has 2 heterocycles. The molecule has 2 atom stereocenters. The van der Waals surface area contributed by atoms with E-state index >= 15 is 0 Å². The molecule has 5 nitrogen and oxygen atoms in total. The summed E-state index contributed by atoms with van der Waals surface area (Å²) < 4.78 is 5.64. The average molecular weight is 293 g/mol. The van der Waals surface area contributed by atoms with Crippen LogP contribution in [0.15, 0.2) is 10.5 Å². The fourth-order valence-corrected chi connectivity index (χ4v) is 2.93. The molecule has 5 heteroatoms. The highest BCUT2D eigenvalue weighted by Gasteiger charge is 2.36. The first-order valence-corrected chi connectivity index (χ1v) is 7.63. The van der Waals surface area contributed by atoms with Gasteiger partial charge in [0.1, 0.15) is 11.8 Å². The van der Waals surface area contributed by atoms with E-state index < -0.39 is 12.0 Å². The summed E-state index contributed by atoms with van der Waals surface area (Å²) >= 11 is 0. The van der Waals surface area contributed by atoms with Gasteiger partial charge in [-0.05, 0) is 36.8 Å². The minimum Gasteiger partial charge on any atom is -0.480 e. The largest absolute Gasteiger partial charge is 0.480 e. The molecule has 0 aliphatic carbocycles. The van der Waals surface area contributed by atoms with Gasteiger partial charge < -0.3 is 14.4 Å². The number of aryl methyl sites for hydroxylation is 2. The Morgan fingerprint density at radius 3 is 2.62 bits per heavy atom.